The summed E-state index contributed by atoms with van der Waals surface area (Å²) in [5.41, 5.74) is 1.10. The first-order valence-corrected chi connectivity index (χ1v) is 8.35. The minimum absolute atomic E-state index is 0.0704. The molecular weight excluding hydrogens is 306 g/mol. The van der Waals surface area contributed by atoms with Crippen LogP contribution < -0.4 is 0 Å². The monoisotopic (exact) mass is 327 g/mol. The van der Waals surface area contributed by atoms with E-state index in [1.807, 2.05) is 11.0 Å². The van der Waals surface area contributed by atoms with Gasteiger partial charge in [-0.15, -0.1) is 0 Å². The molecule has 0 bridgehead atoms. The van der Waals surface area contributed by atoms with Crippen molar-refractivity contribution in [1.29, 1.82) is 5.26 Å². The Kier molecular flexibility index (Phi) is 5.11. The van der Waals surface area contributed by atoms with E-state index in [1.54, 1.807) is 29.2 Å². The van der Waals surface area contributed by atoms with Gasteiger partial charge in [0.05, 0.1) is 30.8 Å². The van der Waals surface area contributed by atoms with Gasteiger partial charge in [0.2, 0.25) is 5.91 Å². The first-order valence-electron chi connectivity index (χ1n) is 8.35. The van der Waals surface area contributed by atoms with Gasteiger partial charge in [0.25, 0.3) is 5.91 Å². The van der Waals surface area contributed by atoms with Gasteiger partial charge >= 0.3 is 0 Å². The van der Waals surface area contributed by atoms with Gasteiger partial charge in [-0.25, -0.2) is 0 Å². The minimum atomic E-state index is -0.126. The molecule has 0 spiro atoms. The van der Waals surface area contributed by atoms with Crippen LogP contribution in [0.15, 0.2) is 24.3 Å². The van der Waals surface area contributed by atoms with Crippen molar-refractivity contribution in [3.63, 3.8) is 0 Å². The van der Waals surface area contributed by atoms with Crippen molar-refractivity contribution in [2.45, 2.75) is 12.8 Å². The molecule has 1 aromatic carbocycles. The molecule has 1 atom stereocenters. The Labute approximate surface area is 141 Å². The van der Waals surface area contributed by atoms with Crippen LogP contribution in [0.5, 0.6) is 0 Å². The van der Waals surface area contributed by atoms with Crippen LogP contribution in [0.3, 0.4) is 0 Å². The number of piperidine rings is 1. The van der Waals surface area contributed by atoms with E-state index >= 15 is 0 Å². The molecule has 3 rings (SSSR count). The molecule has 0 aliphatic carbocycles. The minimum Gasteiger partial charge on any atom is -0.378 e. The Balaban J connectivity index is 1.64. The van der Waals surface area contributed by atoms with Crippen molar-refractivity contribution in [3.05, 3.63) is 35.4 Å². The van der Waals surface area contributed by atoms with Gasteiger partial charge in [-0.05, 0) is 37.1 Å². The summed E-state index contributed by atoms with van der Waals surface area (Å²) in [6.45, 7) is 3.59. The summed E-state index contributed by atoms with van der Waals surface area (Å²) in [5, 5.41) is 8.84. The number of morpholine rings is 1. The molecule has 0 radical (unpaired) electrons. The van der Waals surface area contributed by atoms with Crippen molar-refractivity contribution in [1.82, 2.24) is 9.80 Å². The van der Waals surface area contributed by atoms with Crippen molar-refractivity contribution in [3.8, 4) is 6.07 Å². The van der Waals surface area contributed by atoms with E-state index in [0.717, 1.165) is 12.8 Å². The van der Waals surface area contributed by atoms with Crippen molar-refractivity contribution < 1.29 is 14.3 Å². The van der Waals surface area contributed by atoms with Gasteiger partial charge < -0.3 is 14.5 Å². The number of ether oxygens (including phenoxy) is 1. The molecule has 1 unspecified atom stereocenters. The van der Waals surface area contributed by atoms with Gasteiger partial charge in [0, 0.05) is 31.7 Å². The van der Waals surface area contributed by atoms with E-state index in [4.69, 9.17) is 10.00 Å². The van der Waals surface area contributed by atoms with Crippen LogP contribution in [0.4, 0.5) is 0 Å². The fourth-order valence-corrected chi connectivity index (χ4v) is 3.28. The highest BCUT2D eigenvalue weighted by molar-refractivity contribution is 5.94. The maximum absolute atomic E-state index is 12.6. The fraction of sp³-hybridized carbons (Fsp3) is 0.500. The molecule has 2 saturated heterocycles. The SMILES string of the molecule is N#Cc1ccc(C(=O)N2CCCC(C(=O)N3CCOCC3)C2)cc1. The Morgan fingerprint density at radius 1 is 1.08 bits per heavy atom. The number of carbonyl (C=O) groups excluding carboxylic acids is 2. The van der Waals surface area contributed by atoms with Crippen molar-refractivity contribution in [2.24, 2.45) is 5.92 Å². The Morgan fingerprint density at radius 2 is 1.79 bits per heavy atom. The summed E-state index contributed by atoms with van der Waals surface area (Å²) in [6, 6.07) is 8.69. The van der Waals surface area contributed by atoms with Crippen LogP contribution in [-0.4, -0.2) is 61.0 Å². The summed E-state index contributed by atoms with van der Waals surface area (Å²) in [6.07, 6.45) is 1.66. The van der Waals surface area contributed by atoms with Gasteiger partial charge in [-0.3, -0.25) is 9.59 Å². The number of hydrogen-bond donors (Lipinski definition) is 0. The quantitative estimate of drug-likeness (QED) is 0.820. The van der Waals surface area contributed by atoms with Gasteiger partial charge in [-0.2, -0.15) is 5.26 Å². The fourth-order valence-electron chi connectivity index (χ4n) is 3.28. The highest BCUT2D eigenvalue weighted by Gasteiger charge is 2.32. The lowest BCUT2D eigenvalue weighted by molar-refractivity contribution is -0.141. The van der Waals surface area contributed by atoms with Crippen LogP contribution >= 0.6 is 0 Å². The number of hydrogen-bond acceptors (Lipinski definition) is 4. The largest absolute Gasteiger partial charge is 0.378 e. The standard InChI is InChI=1S/C18H21N3O3/c19-12-14-3-5-15(6-4-14)17(22)21-7-1-2-16(13-21)18(23)20-8-10-24-11-9-20/h3-6,16H,1-2,7-11,13H2. The first-order chi connectivity index (χ1) is 11.7. The molecule has 2 amide bonds. The lowest BCUT2D eigenvalue weighted by Crippen LogP contribution is -2.49. The maximum Gasteiger partial charge on any atom is 0.253 e. The van der Waals surface area contributed by atoms with Crippen LogP contribution in [-0.2, 0) is 9.53 Å². The van der Waals surface area contributed by atoms with Gasteiger partial charge in [-0.1, -0.05) is 0 Å². The maximum atomic E-state index is 12.6. The van der Waals surface area contributed by atoms with Crippen molar-refractivity contribution >= 4 is 11.8 Å². The molecule has 2 aliphatic heterocycles. The third kappa shape index (κ3) is 3.57. The smallest absolute Gasteiger partial charge is 0.253 e. The summed E-state index contributed by atoms with van der Waals surface area (Å²) in [4.78, 5) is 28.9. The van der Waals surface area contributed by atoms with Crippen LogP contribution in [0, 0.1) is 17.2 Å². The summed E-state index contributed by atoms with van der Waals surface area (Å²) >= 11 is 0. The van der Waals surface area contributed by atoms with E-state index in [0.29, 0.717) is 50.5 Å². The molecule has 2 fully saturated rings. The van der Waals surface area contributed by atoms with Crippen LogP contribution in [0.2, 0.25) is 0 Å². The Morgan fingerprint density at radius 3 is 2.46 bits per heavy atom. The van der Waals surface area contributed by atoms with Gasteiger partial charge in [0.15, 0.2) is 0 Å². The number of nitrogens with zero attached hydrogens (tertiary/aromatic N) is 3. The highest BCUT2D eigenvalue weighted by atomic mass is 16.5. The van der Waals surface area contributed by atoms with E-state index in [1.165, 1.54) is 0 Å². The second-order valence-corrected chi connectivity index (χ2v) is 6.22. The van der Waals surface area contributed by atoms with E-state index < -0.39 is 0 Å². The topological polar surface area (TPSA) is 73.6 Å². The number of likely N-dealkylation sites (tertiary alicyclic amines) is 1. The second-order valence-electron chi connectivity index (χ2n) is 6.22. The zero-order valence-corrected chi connectivity index (χ0v) is 13.6. The molecule has 2 aliphatic rings. The summed E-state index contributed by atoms with van der Waals surface area (Å²) in [7, 11) is 0. The lowest BCUT2D eigenvalue weighted by atomic mass is 9.95. The predicted octanol–water partition coefficient (Wildman–Crippen LogP) is 1.27. The van der Waals surface area contributed by atoms with E-state index in [9.17, 15) is 9.59 Å². The van der Waals surface area contributed by atoms with Crippen LogP contribution in [0.25, 0.3) is 0 Å². The Hall–Kier alpha value is -2.39. The Bertz CT molecular complexity index is 644. The molecular formula is C18H21N3O3. The normalized spacial score (nSPS) is 21.2. The average Bonchev–Trinajstić information content (AvgIpc) is 2.67. The van der Waals surface area contributed by atoms with Gasteiger partial charge in [0.1, 0.15) is 0 Å². The molecule has 0 saturated carbocycles. The third-order valence-electron chi connectivity index (χ3n) is 4.64. The number of carbonyl (C=O) groups is 2. The molecule has 0 N–H and O–H groups in total. The highest BCUT2D eigenvalue weighted by Crippen LogP contribution is 2.21. The average molecular weight is 327 g/mol. The predicted molar refractivity (Wildman–Crippen MR) is 87.2 cm³/mol. The molecule has 6 nitrogen and oxygen atoms in total. The molecule has 0 aromatic heterocycles. The lowest BCUT2D eigenvalue weighted by Gasteiger charge is -2.36. The molecule has 6 heteroatoms. The third-order valence-corrected chi connectivity index (χ3v) is 4.64. The van der Waals surface area contributed by atoms with E-state index in [-0.39, 0.29) is 17.7 Å². The van der Waals surface area contributed by atoms with Crippen molar-refractivity contribution in [2.75, 3.05) is 39.4 Å². The van der Waals surface area contributed by atoms with Crippen LogP contribution in [0.1, 0.15) is 28.8 Å². The second kappa shape index (κ2) is 7.45. The zero-order valence-electron chi connectivity index (χ0n) is 13.6. The number of amides is 2. The number of nitriles is 1. The molecule has 2 heterocycles. The molecule has 24 heavy (non-hydrogen) atoms. The van der Waals surface area contributed by atoms with E-state index in [2.05, 4.69) is 0 Å². The summed E-state index contributed by atoms with van der Waals surface area (Å²) in [5.74, 6) is -0.0613. The zero-order chi connectivity index (χ0) is 16.9. The number of benzene rings is 1. The number of rotatable bonds is 2. The molecule has 1 aromatic rings. The first kappa shape index (κ1) is 16.5. The molecule has 126 valence electrons. The summed E-state index contributed by atoms with van der Waals surface area (Å²) < 4.78 is 5.29.